The molecule has 0 aliphatic rings. The number of furan rings is 1. The van der Waals surface area contributed by atoms with Gasteiger partial charge < -0.3 is 18.6 Å². The molecule has 0 saturated heterocycles. The molecule has 14 rings (SSSR count). The van der Waals surface area contributed by atoms with Crippen molar-refractivity contribution in [3.8, 4) is 11.1 Å². The van der Waals surface area contributed by atoms with Gasteiger partial charge in [0.15, 0.2) is 0 Å². The molecule has 4 nitrogen and oxygen atoms in total. The minimum absolute atomic E-state index is 0.903. The summed E-state index contributed by atoms with van der Waals surface area (Å²) < 4.78 is 8.81. The minimum Gasteiger partial charge on any atom is -0.456 e. The van der Waals surface area contributed by atoms with Gasteiger partial charge in [-0.25, -0.2) is 0 Å². The Morgan fingerprint density at radius 3 is 1.21 bits per heavy atom. The Morgan fingerprint density at radius 2 is 0.712 bits per heavy atom. The van der Waals surface area contributed by atoms with E-state index in [0.717, 1.165) is 56.1 Å². The Bertz CT molecular complexity index is 3870. The number of anilines is 6. The second-order valence-electron chi connectivity index (χ2n) is 17.4. The van der Waals surface area contributed by atoms with E-state index in [0.29, 0.717) is 0 Å². The SMILES string of the molecule is c1ccc(N(c2ccccc2)c2ccc3cc4c5cc(-c6ccc7oc8ccccc8c7c6)cc6c7cc8ccc(N(c9ccccc9)c9ccccc9)cc8cc7n(c4cc3c2)c56)cc1. The fourth-order valence-corrected chi connectivity index (χ4v) is 10.6. The standard InChI is InChI=1S/C62H39N3O/c1-5-15-46(16-6-1)63(47-17-7-2-8-18-47)50-28-25-40-33-53-56-36-45(42-27-30-61-55(35-42)52-23-13-14-24-60(52)66-61)37-57-54-34-41-26-29-51(64(48-19-9-3-10-20-48)49-21-11-4-12-22-49)32-44(41)39-59(54)65(62(56)57)58(53)38-43(40)31-50/h1-39H. The summed E-state index contributed by atoms with van der Waals surface area (Å²) in [6.07, 6.45) is 0. The second kappa shape index (κ2) is 14.3. The summed E-state index contributed by atoms with van der Waals surface area (Å²) in [7, 11) is 0. The number of hydrogen-bond acceptors (Lipinski definition) is 3. The lowest BCUT2D eigenvalue weighted by Gasteiger charge is -2.25. The number of fused-ring (bicyclic) bond motifs is 11. The largest absolute Gasteiger partial charge is 0.456 e. The number of para-hydroxylation sites is 5. The first-order chi connectivity index (χ1) is 32.7. The van der Waals surface area contributed by atoms with Gasteiger partial charge in [-0.05, 0) is 160 Å². The average Bonchev–Trinajstić information content (AvgIpc) is 4.02. The van der Waals surface area contributed by atoms with E-state index in [-0.39, 0.29) is 0 Å². The summed E-state index contributed by atoms with van der Waals surface area (Å²) in [5.74, 6) is 0. The molecule has 3 heterocycles. The molecule has 0 amide bonds. The predicted molar refractivity (Wildman–Crippen MR) is 278 cm³/mol. The summed E-state index contributed by atoms with van der Waals surface area (Å²) in [5.41, 5.74) is 14.5. The van der Waals surface area contributed by atoms with Crippen LogP contribution in [0.1, 0.15) is 0 Å². The van der Waals surface area contributed by atoms with Gasteiger partial charge in [0, 0.05) is 66.4 Å². The van der Waals surface area contributed by atoms with E-state index in [1.165, 1.54) is 70.8 Å². The quantitative estimate of drug-likeness (QED) is 0.160. The molecular formula is C62H39N3O. The third kappa shape index (κ3) is 5.65. The van der Waals surface area contributed by atoms with Crippen LogP contribution in [0.5, 0.6) is 0 Å². The Balaban J connectivity index is 1.03. The monoisotopic (exact) mass is 841 g/mol. The van der Waals surface area contributed by atoms with Crippen molar-refractivity contribution >= 4 is 116 Å². The van der Waals surface area contributed by atoms with Crippen molar-refractivity contribution in [2.24, 2.45) is 0 Å². The van der Waals surface area contributed by atoms with Gasteiger partial charge in [0.05, 0.1) is 16.6 Å². The Labute approximate surface area is 380 Å². The van der Waals surface area contributed by atoms with Crippen LogP contribution >= 0.6 is 0 Å². The van der Waals surface area contributed by atoms with E-state index in [4.69, 9.17) is 4.42 Å². The fraction of sp³-hybridized carbons (Fsp3) is 0. The fourth-order valence-electron chi connectivity index (χ4n) is 10.6. The molecule has 0 spiro atoms. The maximum Gasteiger partial charge on any atom is 0.135 e. The zero-order valence-corrected chi connectivity index (χ0v) is 35.8. The second-order valence-corrected chi connectivity index (χ2v) is 17.4. The molecule has 66 heavy (non-hydrogen) atoms. The molecule has 0 aliphatic heterocycles. The molecular weight excluding hydrogens is 803 g/mol. The smallest absolute Gasteiger partial charge is 0.135 e. The number of hydrogen-bond donors (Lipinski definition) is 0. The number of aromatic nitrogens is 1. The van der Waals surface area contributed by atoms with Crippen LogP contribution in [0.3, 0.4) is 0 Å². The van der Waals surface area contributed by atoms with Crippen LogP contribution in [-0.2, 0) is 0 Å². The van der Waals surface area contributed by atoms with Crippen molar-refractivity contribution in [1.29, 1.82) is 0 Å². The van der Waals surface area contributed by atoms with Crippen molar-refractivity contribution in [2.45, 2.75) is 0 Å². The molecule has 308 valence electrons. The maximum absolute atomic E-state index is 6.28. The lowest BCUT2D eigenvalue weighted by molar-refractivity contribution is 0.669. The molecule has 0 saturated carbocycles. The highest BCUT2D eigenvalue weighted by Crippen LogP contribution is 2.46. The van der Waals surface area contributed by atoms with Gasteiger partial charge in [0.1, 0.15) is 11.2 Å². The Morgan fingerprint density at radius 1 is 0.273 bits per heavy atom. The van der Waals surface area contributed by atoms with Crippen LogP contribution < -0.4 is 9.80 Å². The Hall–Kier alpha value is -8.86. The Kier molecular flexibility index (Phi) is 7.95. The zero-order chi connectivity index (χ0) is 43.3. The molecule has 0 bridgehead atoms. The van der Waals surface area contributed by atoms with Gasteiger partial charge in [0.25, 0.3) is 0 Å². The van der Waals surface area contributed by atoms with Gasteiger partial charge in [-0.1, -0.05) is 109 Å². The summed E-state index contributed by atoms with van der Waals surface area (Å²) in [6.45, 7) is 0. The first kappa shape index (κ1) is 36.6. The third-order valence-electron chi connectivity index (χ3n) is 13.6. The van der Waals surface area contributed by atoms with E-state index in [1.54, 1.807) is 0 Å². The van der Waals surface area contributed by atoms with Crippen LogP contribution in [0.2, 0.25) is 0 Å². The van der Waals surface area contributed by atoms with Crippen molar-refractivity contribution < 1.29 is 4.42 Å². The molecule has 14 aromatic rings. The number of benzene rings is 11. The highest BCUT2D eigenvalue weighted by molar-refractivity contribution is 6.27. The molecule has 0 fully saturated rings. The lowest BCUT2D eigenvalue weighted by Crippen LogP contribution is -2.09. The van der Waals surface area contributed by atoms with Gasteiger partial charge in [-0.15, -0.1) is 0 Å². The predicted octanol–water partition coefficient (Wildman–Crippen LogP) is 17.6. The summed E-state index contributed by atoms with van der Waals surface area (Å²) in [4.78, 5) is 4.68. The molecule has 0 atom stereocenters. The van der Waals surface area contributed by atoms with Gasteiger partial charge >= 0.3 is 0 Å². The highest BCUT2D eigenvalue weighted by Gasteiger charge is 2.22. The van der Waals surface area contributed by atoms with E-state index in [9.17, 15) is 0 Å². The van der Waals surface area contributed by atoms with Gasteiger partial charge in [-0.3, -0.25) is 0 Å². The molecule has 4 heteroatoms. The van der Waals surface area contributed by atoms with Gasteiger partial charge in [0.2, 0.25) is 0 Å². The average molecular weight is 842 g/mol. The summed E-state index contributed by atoms with van der Waals surface area (Å²) in [6, 6.07) is 85.8. The lowest BCUT2D eigenvalue weighted by atomic mass is 9.96. The van der Waals surface area contributed by atoms with E-state index < -0.39 is 0 Å². The molecule has 0 N–H and O–H groups in total. The molecule has 3 aromatic heterocycles. The van der Waals surface area contributed by atoms with E-state index in [2.05, 4.69) is 245 Å². The van der Waals surface area contributed by atoms with Crippen LogP contribution in [-0.4, -0.2) is 4.40 Å². The molecule has 0 unspecified atom stereocenters. The maximum atomic E-state index is 6.28. The van der Waals surface area contributed by atoms with Crippen LogP contribution in [0.4, 0.5) is 34.1 Å². The summed E-state index contributed by atoms with van der Waals surface area (Å²) in [5, 5.41) is 12.0. The molecule has 0 aliphatic carbocycles. The first-order valence-electron chi connectivity index (χ1n) is 22.6. The first-order valence-corrected chi connectivity index (χ1v) is 22.6. The van der Waals surface area contributed by atoms with Crippen LogP contribution in [0.15, 0.2) is 241 Å². The van der Waals surface area contributed by atoms with Crippen molar-refractivity contribution in [1.82, 2.24) is 4.40 Å². The zero-order valence-electron chi connectivity index (χ0n) is 35.8. The summed E-state index contributed by atoms with van der Waals surface area (Å²) >= 11 is 0. The number of rotatable bonds is 7. The normalized spacial score (nSPS) is 11.9. The minimum atomic E-state index is 0.903. The molecule has 0 radical (unpaired) electrons. The van der Waals surface area contributed by atoms with Crippen molar-refractivity contribution in [3.05, 3.63) is 237 Å². The van der Waals surface area contributed by atoms with Crippen LogP contribution in [0, 0.1) is 0 Å². The number of nitrogens with zero attached hydrogens (tertiary/aromatic N) is 3. The van der Waals surface area contributed by atoms with Crippen LogP contribution in [0.25, 0.3) is 92.7 Å². The van der Waals surface area contributed by atoms with E-state index in [1.807, 2.05) is 6.07 Å². The van der Waals surface area contributed by atoms with Crippen molar-refractivity contribution in [2.75, 3.05) is 9.80 Å². The van der Waals surface area contributed by atoms with Crippen molar-refractivity contribution in [3.63, 3.8) is 0 Å². The topological polar surface area (TPSA) is 24.0 Å². The highest BCUT2D eigenvalue weighted by atomic mass is 16.3. The van der Waals surface area contributed by atoms with Gasteiger partial charge in [-0.2, -0.15) is 0 Å². The van der Waals surface area contributed by atoms with E-state index >= 15 is 0 Å². The molecule has 11 aromatic carbocycles. The third-order valence-corrected chi connectivity index (χ3v) is 13.6.